The standard InChI is InChI=1S/C15H18F2/c1-2-3-9-13-10-14(11-13,15(13,16)17)12-7-5-4-6-8-12/h4-8H,2-3,9-11H2,1H3. The van der Waals surface area contributed by atoms with E-state index < -0.39 is 16.8 Å². The van der Waals surface area contributed by atoms with E-state index in [1.165, 1.54) is 0 Å². The first-order valence-corrected chi connectivity index (χ1v) is 6.51. The summed E-state index contributed by atoms with van der Waals surface area (Å²) < 4.78 is 28.6. The van der Waals surface area contributed by atoms with E-state index >= 15 is 0 Å². The highest BCUT2D eigenvalue weighted by Gasteiger charge is 2.87. The molecule has 0 radical (unpaired) electrons. The first-order chi connectivity index (χ1) is 8.08. The predicted octanol–water partition coefficient (Wildman–Crippen LogP) is 4.54. The Kier molecular flexibility index (Phi) is 2.17. The SMILES string of the molecule is CCCCC12CC(c3ccccc3)(C1)C2(F)F. The number of halogens is 2. The van der Waals surface area contributed by atoms with Crippen molar-refractivity contribution in [3.63, 3.8) is 0 Å². The van der Waals surface area contributed by atoms with Gasteiger partial charge in [0.1, 0.15) is 0 Å². The minimum absolute atomic E-state index is 0.654. The van der Waals surface area contributed by atoms with Crippen LogP contribution in [0.2, 0.25) is 0 Å². The molecule has 17 heavy (non-hydrogen) atoms. The van der Waals surface area contributed by atoms with E-state index in [0.717, 1.165) is 18.4 Å². The molecule has 3 aliphatic rings. The van der Waals surface area contributed by atoms with Crippen molar-refractivity contribution >= 4 is 0 Å². The maximum absolute atomic E-state index is 14.3. The molecule has 0 aromatic heterocycles. The lowest BCUT2D eigenvalue weighted by Gasteiger charge is -2.76. The average Bonchev–Trinajstić information content (AvgIpc) is 2.29. The highest BCUT2D eigenvalue weighted by Crippen LogP contribution is 2.83. The van der Waals surface area contributed by atoms with Crippen molar-refractivity contribution in [3.8, 4) is 0 Å². The molecule has 0 N–H and O–H groups in total. The second kappa shape index (κ2) is 3.30. The molecule has 0 aliphatic heterocycles. The quantitative estimate of drug-likeness (QED) is 0.719. The fourth-order valence-electron chi connectivity index (χ4n) is 3.83. The van der Waals surface area contributed by atoms with Gasteiger partial charge in [-0.3, -0.25) is 0 Å². The molecule has 0 saturated heterocycles. The third-order valence-corrected chi connectivity index (χ3v) is 4.88. The summed E-state index contributed by atoms with van der Waals surface area (Å²) in [4.78, 5) is 0. The molecule has 1 aromatic carbocycles. The van der Waals surface area contributed by atoms with Gasteiger partial charge in [0.05, 0.1) is 5.41 Å². The summed E-state index contributed by atoms with van der Waals surface area (Å²) >= 11 is 0. The molecule has 3 fully saturated rings. The van der Waals surface area contributed by atoms with E-state index in [1.54, 1.807) is 0 Å². The Bertz CT molecular complexity index is 416. The topological polar surface area (TPSA) is 0 Å². The van der Waals surface area contributed by atoms with Crippen molar-refractivity contribution in [1.29, 1.82) is 0 Å². The molecule has 4 rings (SSSR count). The Morgan fingerprint density at radius 2 is 1.76 bits per heavy atom. The van der Waals surface area contributed by atoms with E-state index in [9.17, 15) is 8.78 Å². The van der Waals surface area contributed by atoms with Gasteiger partial charge in [-0.15, -0.1) is 0 Å². The number of hydrogen-bond donors (Lipinski definition) is 0. The molecule has 0 amide bonds. The molecule has 0 atom stereocenters. The van der Waals surface area contributed by atoms with Crippen molar-refractivity contribution in [2.75, 3.05) is 0 Å². The van der Waals surface area contributed by atoms with E-state index in [0.29, 0.717) is 19.3 Å². The molecule has 0 spiro atoms. The summed E-state index contributed by atoms with van der Waals surface area (Å²) in [6, 6.07) is 9.34. The van der Waals surface area contributed by atoms with Crippen LogP contribution in [0.15, 0.2) is 30.3 Å². The third-order valence-electron chi connectivity index (χ3n) is 4.88. The fourth-order valence-corrected chi connectivity index (χ4v) is 3.83. The van der Waals surface area contributed by atoms with E-state index in [1.807, 2.05) is 30.3 Å². The highest BCUT2D eigenvalue weighted by atomic mass is 19.3. The van der Waals surface area contributed by atoms with Crippen LogP contribution < -0.4 is 0 Å². The van der Waals surface area contributed by atoms with Gasteiger partial charge in [0.15, 0.2) is 0 Å². The van der Waals surface area contributed by atoms with Gasteiger partial charge in [-0.1, -0.05) is 50.1 Å². The first-order valence-electron chi connectivity index (χ1n) is 6.51. The molecular formula is C15H18F2. The Morgan fingerprint density at radius 1 is 1.12 bits per heavy atom. The minimum Gasteiger partial charge on any atom is -0.205 e. The van der Waals surface area contributed by atoms with Crippen LogP contribution in [-0.2, 0) is 5.41 Å². The second-order valence-electron chi connectivity index (χ2n) is 5.76. The van der Waals surface area contributed by atoms with Crippen LogP contribution in [-0.4, -0.2) is 5.92 Å². The Morgan fingerprint density at radius 3 is 2.29 bits per heavy atom. The normalized spacial score (nSPS) is 37.1. The van der Waals surface area contributed by atoms with Gasteiger partial charge in [-0.05, 0) is 24.8 Å². The van der Waals surface area contributed by atoms with Gasteiger partial charge in [-0.2, -0.15) is 0 Å². The lowest BCUT2D eigenvalue weighted by atomic mass is 9.29. The number of benzene rings is 1. The number of hydrogen-bond acceptors (Lipinski definition) is 0. The minimum atomic E-state index is -2.48. The molecule has 92 valence electrons. The van der Waals surface area contributed by atoms with E-state index in [2.05, 4.69) is 6.92 Å². The number of alkyl halides is 2. The summed E-state index contributed by atoms with van der Waals surface area (Å²) in [6.45, 7) is 2.07. The van der Waals surface area contributed by atoms with Crippen LogP contribution in [0.1, 0.15) is 44.6 Å². The van der Waals surface area contributed by atoms with E-state index in [-0.39, 0.29) is 0 Å². The number of unbranched alkanes of at least 4 members (excludes halogenated alkanes) is 1. The first kappa shape index (κ1) is 11.2. The summed E-state index contributed by atoms with van der Waals surface area (Å²) in [5.74, 6) is -2.48. The summed E-state index contributed by atoms with van der Waals surface area (Å²) in [6.07, 6.45) is 4.02. The predicted molar refractivity (Wildman–Crippen MR) is 64.3 cm³/mol. The van der Waals surface area contributed by atoms with Crippen molar-refractivity contribution in [3.05, 3.63) is 35.9 Å². The molecule has 3 saturated carbocycles. The van der Waals surface area contributed by atoms with Crippen LogP contribution in [0.4, 0.5) is 8.78 Å². The molecule has 0 nitrogen and oxygen atoms in total. The number of rotatable bonds is 4. The zero-order valence-corrected chi connectivity index (χ0v) is 10.2. The van der Waals surface area contributed by atoms with Crippen molar-refractivity contribution < 1.29 is 8.78 Å². The monoisotopic (exact) mass is 236 g/mol. The maximum Gasteiger partial charge on any atom is 0.263 e. The van der Waals surface area contributed by atoms with Crippen LogP contribution in [0.3, 0.4) is 0 Å². The smallest absolute Gasteiger partial charge is 0.205 e. The Hall–Kier alpha value is -0.920. The van der Waals surface area contributed by atoms with Crippen LogP contribution in [0.5, 0.6) is 0 Å². The summed E-state index contributed by atoms with van der Waals surface area (Å²) in [7, 11) is 0. The van der Waals surface area contributed by atoms with Gasteiger partial charge in [0.25, 0.3) is 5.92 Å². The van der Waals surface area contributed by atoms with Crippen LogP contribution in [0.25, 0.3) is 0 Å². The van der Waals surface area contributed by atoms with Crippen molar-refractivity contribution in [2.24, 2.45) is 5.41 Å². The maximum atomic E-state index is 14.3. The van der Waals surface area contributed by atoms with Gasteiger partial charge >= 0.3 is 0 Å². The molecule has 0 unspecified atom stereocenters. The lowest BCUT2D eigenvalue weighted by molar-refractivity contribution is -0.373. The Labute approximate surface area is 101 Å². The molecule has 3 aliphatic carbocycles. The van der Waals surface area contributed by atoms with Gasteiger partial charge in [-0.25, -0.2) is 8.78 Å². The molecule has 0 heterocycles. The van der Waals surface area contributed by atoms with Gasteiger partial charge in [0, 0.05) is 5.41 Å². The van der Waals surface area contributed by atoms with Crippen LogP contribution in [0, 0.1) is 5.41 Å². The van der Waals surface area contributed by atoms with Gasteiger partial charge < -0.3 is 0 Å². The third kappa shape index (κ3) is 1.12. The molecule has 2 bridgehead atoms. The largest absolute Gasteiger partial charge is 0.263 e. The zero-order valence-electron chi connectivity index (χ0n) is 10.2. The zero-order chi connectivity index (χ0) is 12.1. The molecule has 1 aromatic rings. The van der Waals surface area contributed by atoms with Crippen LogP contribution >= 0.6 is 0 Å². The highest BCUT2D eigenvalue weighted by molar-refractivity contribution is 5.45. The fraction of sp³-hybridized carbons (Fsp3) is 0.600. The van der Waals surface area contributed by atoms with Crippen molar-refractivity contribution in [1.82, 2.24) is 0 Å². The lowest BCUT2D eigenvalue weighted by Crippen LogP contribution is -2.81. The van der Waals surface area contributed by atoms with Crippen molar-refractivity contribution in [2.45, 2.75) is 50.4 Å². The molecule has 2 heteroatoms. The van der Waals surface area contributed by atoms with Gasteiger partial charge in [0.2, 0.25) is 0 Å². The van der Waals surface area contributed by atoms with E-state index in [4.69, 9.17) is 0 Å². The summed E-state index contributed by atoms with van der Waals surface area (Å²) in [5, 5.41) is 0. The second-order valence-corrected chi connectivity index (χ2v) is 5.76. The summed E-state index contributed by atoms with van der Waals surface area (Å²) in [5.41, 5.74) is -0.635. The molecular weight excluding hydrogens is 218 g/mol. The average molecular weight is 236 g/mol. The Balaban J connectivity index is 1.83.